The van der Waals surface area contributed by atoms with Gasteiger partial charge in [0.25, 0.3) is 0 Å². The van der Waals surface area contributed by atoms with Crippen molar-refractivity contribution >= 4 is 20.8 Å². The van der Waals surface area contributed by atoms with E-state index in [0.29, 0.717) is 42.7 Å². The van der Waals surface area contributed by atoms with Crippen molar-refractivity contribution in [2.75, 3.05) is 31.1 Å². The van der Waals surface area contributed by atoms with E-state index in [1.807, 2.05) is 6.92 Å². The Kier molecular flexibility index (Phi) is 5.00. The third kappa shape index (κ3) is 3.30. The van der Waals surface area contributed by atoms with Crippen molar-refractivity contribution in [2.45, 2.75) is 25.3 Å². The molecule has 1 aromatic rings. The summed E-state index contributed by atoms with van der Waals surface area (Å²) in [5.41, 5.74) is 0. The summed E-state index contributed by atoms with van der Waals surface area (Å²) in [7, 11) is -4.44. The first-order valence-corrected chi connectivity index (χ1v) is 9.53. The second-order valence-electron chi connectivity index (χ2n) is 4.67. The Morgan fingerprint density at radius 3 is 2.65 bits per heavy atom. The molecule has 1 saturated heterocycles. The lowest BCUT2D eigenvalue weighted by atomic mass is 10.4. The fourth-order valence-corrected chi connectivity index (χ4v) is 5.03. The summed E-state index contributed by atoms with van der Waals surface area (Å²) in [5.74, 6) is 1.83. The zero-order valence-corrected chi connectivity index (χ0v) is 13.3. The Morgan fingerprint density at radius 2 is 2.05 bits per heavy atom. The molecular weight excluding hydrogens is 300 g/mol. The third-order valence-corrected chi connectivity index (χ3v) is 6.51. The maximum absolute atomic E-state index is 12.5. The van der Waals surface area contributed by atoms with Gasteiger partial charge in [0.1, 0.15) is 16.4 Å². The van der Waals surface area contributed by atoms with Crippen LogP contribution >= 0.6 is 0 Å². The lowest BCUT2D eigenvalue weighted by Gasteiger charge is -2.25. The van der Waals surface area contributed by atoms with E-state index in [1.165, 1.54) is 4.31 Å². The molecule has 1 aliphatic heterocycles. The number of furan rings is 1. The highest BCUT2D eigenvalue weighted by molar-refractivity contribution is 7.89. The Balaban J connectivity index is 2.20. The Morgan fingerprint density at radius 1 is 1.40 bits per heavy atom. The van der Waals surface area contributed by atoms with Crippen molar-refractivity contribution in [3.05, 3.63) is 17.6 Å². The van der Waals surface area contributed by atoms with Crippen LogP contribution in [0.1, 0.15) is 18.4 Å². The SMILES string of the molecule is CCNCc1cc(S(=O)(=O)N2CCS(=O)CC2)c(C)o1. The largest absolute Gasteiger partial charge is 0.464 e. The molecule has 0 radical (unpaired) electrons. The molecule has 0 aliphatic carbocycles. The van der Waals surface area contributed by atoms with Gasteiger partial charge in [-0.3, -0.25) is 4.21 Å². The van der Waals surface area contributed by atoms with E-state index in [-0.39, 0.29) is 4.90 Å². The quantitative estimate of drug-likeness (QED) is 0.852. The fourth-order valence-electron chi connectivity index (χ4n) is 2.12. The Bertz CT molecular complexity index is 585. The number of sulfonamides is 1. The second kappa shape index (κ2) is 6.38. The first-order chi connectivity index (χ1) is 9.45. The van der Waals surface area contributed by atoms with Crippen molar-refractivity contribution in [1.82, 2.24) is 9.62 Å². The van der Waals surface area contributed by atoms with Crippen molar-refractivity contribution in [3.63, 3.8) is 0 Å². The fraction of sp³-hybridized carbons (Fsp3) is 0.667. The van der Waals surface area contributed by atoms with Crippen LogP contribution in [0.4, 0.5) is 0 Å². The number of rotatable bonds is 5. The van der Waals surface area contributed by atoms with E-state index in [1.54, 1.807) is 13.0 Å². The van der Waals surface area contributed by atoms with Gasteiger partial charge in [-0.15, -0.1) is 0 Å². The molecule has 8 heteroatoms. The topological polar surface area (TPSA) is 79.6 Å². The molecule has 1 aromatic heterocycles. The van der Waals surface area contributed by atoms with Gasteiger partial charge < -0.3 is 9.73 Å². The molecule has 6 nitrogen and oxygen atoms in total. The predicted molar refractivity (Wildman–Crippen MR) is 77.5 cm³/mol. The van der Waals surface area contributed by atoms with E-state index >= 15 is 0 Å². The highest BCUT2D eigenvalue weighted by atomic mass is 32.2. The molecule has 0 spiro atoms. The standard InChI is InChI=1S/C12H20N2O4S2/c1-3-13-9-11-8-12(10(2)18-11)20(16,17)14-4-6-19(15)7-5-14/h8,13H,3-7,9H2,1-2H3. The van der Waals surface area contributed by atoms with Crippen LogP contribution in [-0.2, 0) is 27.4 Å². The molecule has 0 amide bonds. The van der Waals surface area contributed by atoms with Crippen LogP contribution in [0, 0.1) is 6.92 Å². The van der Waals surface area contributed by atoms with Gasteiger partial charge in [-0.05, 0) is 13.5 Å². The monoisotopic (exact) mass is 320 g/mol. The van der Waals surface area contributed by atoms with Crippen LogP contribution < -0.4 is 5.32 Å². The Hall–Kier alpha value is -0.700. The minimum Gasteiger partial charge on any atom is -0.464 e. The summed E-state index contributed by atoms with van der Waals surface area (Å²) in [5, 5.41) is 3.10. The number of nitrogens with one attached hydrogen (secondary N) is 1. The summed E-state index contributed by atoms with van der Waals surface area (Å²) < 4.78 is 43.3. The van der Waals surface area contributed by atoms with E-state index in [9.17, 15) is 12.6 Å². The minimum absolute atomic E-state index is 0.220. The maximum Gasteiger partial charge on any atom is 0.246 e. The van der Waals surface area contributed by atoms with E-state index < -0.39 is 20.8 Å². The smallest absolute Gasteiger partial charge is 0.246 e. The molecular formula is C12H20N2O4S2. The van der Waals surface area contributed by atoms with Gasteiger partial charge in [0.05, 0.1) is 6.54 Å². The average Bonchev–Trinajstić information content (AvgIpc) is 2.79. The normalized spacial score (nSPS) is 18.5. The molecule has 1 N–H and O–H groups in total. The molecule has 2 rings (SSSR count). The summed E-state index contributed by atoms with van der Waals surface area (Å²) in [6.07, 6.45) is 0. The van der Waals surface area contributed by atoms with Crippen molar-refractivity contribution in [1.29, 1.82) is 0 Å². The van der Waals surface area contributed by atoms with Gasteiger partial charge in [0.15, 0.2) is 0 Å². The third-order valence-electron chi connectivity index (χ3n) is 3.23. The van der Waals surface area contributed by atoms with Gasteiger partial charge in [0.2, 0.25) is 10.0 Å². The van der Waals surface area contributed by atoms with Crippen LogP contribution in [0.15, 0.2) is 15.4 Å². The van der Waals surface area contributed by atoms with Crippen molar-refractivity contribution in [2.24, 2.45) is 0 Å². The Labute approximate surface area is 122 Å². The number of aryl methyl sites for hydroxylation is 1. The number of hydrogen-bond donors (Lipinski definition) is 1. The van der Waals surface area contributed by atoms with Crippen LogP contribution in [-0.4, -0.2) is 48.1 Å². The van der Waals surface area contributed by atoms with Crippen LogP contribution in [0.25, 0.3) is 0 Å². The van der Waals surface area contributed by atoms with Gasteiger partial charge in [-0.25, -0.2) is 8.42 Å². The molecule has 0 atom stereocenters. The summed E-state index contributed by atoms with van der Waals surface area (Å²) in [6.45, 7) is 5.55. The van der Waals surface area contributed by atoms with Crippen LogP contribution in [0.2, 0.25) is 0 Å². The van der Waals surface area contributed by atoms with Crippen molar-refractivity contribution in [3.8, 4) is 0 Å². The summed E-state index contributed by atoms with van der Waals surface area (Å²) in [4.78, 5) is 0.220. The highest BCUT2D eigenvalue weighted by Gasteiger charge is 2.31. The lowest BCUT2D eigenvalue weighted by Crippen LogP contribution is -2.41. The molecule has 2 heterocycles. The summed E-state index contributed by atoms with van der Waals surface area (Å²) in [6, 6.07) is 1.58. The first-order valence-electron chi connectivity index (χ1n) is 6.60. The average molecular weight is 320 g/mol. The first kappa shape index (κ1) is 15.7. The maximum atomic E-state index is 12.5. The van der Waals surface area contributed by atoms with E-state index in [2.05, 4.69) is 5.32 Å². The van der Waals surface area contributed by atoms with Crippen LogP contribution in [0.5, 0.6) is 0 Å². The molecule has 1 aliphatic rings. The predicted octanol–water partition coefficient (Wildman–Crippen LogP) is 0.451. The number of hydrogen-bond acceptors (Lipinski definition) is 5. The van der Waals surface area contributed by atoms with Gasteiger partial charge in [0, 0.05) is 41.5 Å². The van der Waals surface area contributed by atoms with Gasteiger partial charge in [-0.1, -0.05) is 6.92 Å². The molecule has 1 fully saturated rings. The van der Waals surface area contributed by atoms with Gasteiger partial charge in [-0.2, -0.15) is 4.31 Å². The zero-order valence-electron chi connectivity index (χ0n) is 11.7. The molecule has 0 saturated carbocycles. The number of nitrogens with zero attached hydrogens (tertiary/aromatic N) is 1. The van der Waals surface area contributed by atoms with Gasteiger partial charge >= 0.3 is 0 Å². The van der Waals surface area contributed by atoms with Crippen LogP contribution in [0.3, 0.4) is 0 Å². The molecule has 0 unspecified atom stereocenters. The van der Waals surface area contributed by atoms with E-state index in [0.717, 1.165) is 6.54 Å². The molecule has 114 valence electrons. The lowest BCUT2D eigenvalue weighted by molar-refractivity contribution is 0.432. The zero-order chi connectivity index (χ0) is 14.8. The molecule has 20 heavy (non-hydrogen) atoms. The molecule has 0 bridgehead atoms. The highest BCUT2D eigenvalue weighted by Crippen LogP contribution is 2.24. The van der Waals surface area contributed by atoms with Crippen molar-refractivity contribution < 1.29 is 17.0 Å². The molecule has 0 aromatic carbocycles. The van der Waals surface area contributed by atoms with E-state index in [4.69, 9.17) is 4.42 Å². The minimum atomic E-state index is -3.54. The summed E-state index contributed by atoms with van der Waals surface area (Å²) >= 11 is 0. The second-order valence-corrected chi connectivity index (χ2v) is 8.27.